The highest BCUT2D eigenvalue weighted by molar-refractivity contribution is 5.68. The Morgan fingerprint density at radius 1 is 0.933 bits per heavy atom. The Balaban J connectivity index is 0.000000238. The number of methoxy groups -OCH3 is 1. The molecule has 2 heterocycles. The van der Waals surface area contributed by atoms with E-state index in [1.165, 1.54) is 0 Å². The zero-order chi connectivity index (χ0) is 21.9. The van der Waals surface area contributed by atoms with E-state index < -0.39 is 0 Å². The summed E-state index contributed by atoms with van der Waals surface area (Å²) >= 11 is 0. The van der Waals surface area contributed by atoms with Gasteiger partial charge >= 0.3 is 6.09 Å². The van der Waals surface area contributed by atoms with Gasteiger partial charge in [-0.05, 0) is 36.4 Å². The van der Waals surface area contributed by atoms with Gasteiger partial charge in [0, 0.05) is 23.5 Å². The van der Waals surface area contributed by atoms with Gasteiger partial charge in [-0.1, -0.05) is 48.2 Å². The van der Waals surface area contributed by atoms with Crippen LogP contribution in [0.5, 0.6) is 5.75 Å². The number of cyclic esters (lactones) is 1. The maximum absolute atomic E-state index is 9.91. The normalized spacial score (nSPS) is 10.4. The lowest BCUT2D eigenvalue weighted by Gasteiger charge is -1.93. The summed E-state index contributed by atoms with van der Waals surface area (Å²) in [5, 5.41) is 2.46. The fourth-order valence-electron chi connectivity index (χ4n) is 2.01. The molecule has 0 atom stereocenters. The molecule has 1 fully saturated rings. The molecule has 1 N–H and O–H groups in total. The Labute approximate surface area is 178 Å². The quantitative estimate of drug-likeness (QED) is 0.624. The van der Waals surface area contributed by atoms with E-state index >= 15 is 0 Å². The molecule has 0 saturated carbocycles. The van der Waals surface area contributed by atoms with Crippen molar-refractivity contribution in [2.75, 3.05) is 20.3 Å². The van der Waals surface area contributed by atoms with E-state index in [9.17, 15) is 4.79 Å². The molecule has 4 rings (SSSR count). The second-order valence-corrected chi connectivity index (χ2v) is 5.44. The summed E-state index contributed by atoms with van der Waals surface area (Å²) in [4.78, 5) is 13.9. The lowest BCUT2D eigenvalue weighted by atomic mass is 10.2. The molecule has 0 spiro atoms. The first-order valence-corrected chi connectivity index (χ1v) is 9.08. The molecule has 1 saturated heterocycles. The molecule has 0 bridgehead atoms. The van der Waals surface area contributed by atoms with Crippen LogP contribution in [0.25, 0.3) is 0 Å². The van der Waals surface area contributed by atoms with Crippen molar-refractivity contribution in [3.05, 3.63) is 96.3 Å². The first-order valence-electron chi connectivity index (χ1n) is 9.08. The van der Waals surface area contributed by atoms with Crippen molar-refractivity contribution in [3.63, 3.8) is 0 Å². The van der Waals surface area contributed by atoms with Crippen molar-refractivity contribution in [3.8, 4) is 30.4 Å². The van der Waals surface area contributed by atoms with Crippen LogP contribution in [0.1, 0.15) is 11.1 Å². The fraction of sp³-hybridized carbons (Fsp3) is 0.120. The third kappa shape index (κ3) is 10.8. The summed E-state index contributed by atoms with van der Waals surface area (Å²) in [6.07, 6.45) is 11.2. The number of rotatable bonds is 1. The molecule has 0 radical (unpaired) electrons. The molecule has 3 aromatic rings. The van der Waals surface area contributed by atoms with Gasteiger partial charge in [-0.25, -0.2) is 4.79 Å². The summed E-state index contributed by atoms with van der Waals surface area (Å²) in [6.45, 7) is 1.19. The van der Waals surface area contributed by atoms with Crippen molar-refractivity contribution in [2.45, 2.75) is 0 Å². The Kier molecular flexibility index (Phi) is 12.5. The van der Waals surface area contributed by atoms with Crippen LogP contribution in [-0.2, 0) is 4.74 Å². The molecule has 5 heteroatoms. The average molecular weight is 400 g/mol. The smallest absolute Gasteiger partial charge is 0.407 e. The SMILES string of the molecule is C#C.C(#Cc1cccnc1)c1ccccc1.COc1ccccc1.O=C1NCCO1. The molecule has 1 aromatic heterocycles. The van der Waals surface area contributed by atoms with Crippen LogP contribution >= 0.6 is 0 Å². The van der Waals surface area contributed by atoms with Gasteiger partial charge in [-0.3, -0.25) is 4.98 Å². The number of benzene rings is 2. The third-order valence-electron chi connectivity index (χ3n) is 3.37. The predicted octanol–water partition coefficient (Wildman–Crippen LogP) is 4.15. The second kappa shape index (κ2) is 15.8. The van der Waals surface area contributed by atoms with Gasteiger partial charge in [0.25, 0.3) is 0 Å². The summed E-state index contributed by atoms with van der Waals surface area (Å²) in [5.74, 6) is 7.03. The first kappa shape index (κ1) is 23.8. The number of pyridine rings is 1. The number of hydrogen-bond acceptors (Lipinski definition) is 4. The van der Waals surface area contributed by atoms with Crippen LogP contribution in [0.15, 0.2) is 85.2 Å². The number of nitrogens with one attached hydrogen (secondary N) is 1. The average Bonchev–Trinajstić information content (AvgIpc) is 3.33. The van der Waals surface area contributed by atoms with Gasteiger partial charge in [0.1, 0.15) is 12.4 Å². The number of carbonyl (C=O) groups is 1. The molecule has 1 aliphatic heterocycles. The van der Waals surface area contributed by atoms with Crippen molar-refractivity contribution < 1.29 is 14.3 Å². The van der Waals surface area contributed by atoms with Gasteiger partial charge in [0.05, 0.1) is 13.7 Å². The van der Waals surface area contributed by atoms with Crippen molar-refractivity contribution in [1.29, 1.82) is 0 Å². The zero-order valence-corrected chi connectivity index (χ0v) is 16.8. The molecule has 1 aliphatic rings. The van der Waals surface area contributed by atoms with E-state index in [1.807, 2.05) is 72.8 Å². The van der Waals surface area contributed by atoms with Crippen LogP contribution in [0, 0.1) is 24.7 Å². The van der Waals surface area contributed by atoms with Crippen molar-refractivity contribution in [2.24, 2.45) is 0 Å². The minimum Gasteiger partial charge on any atom is -0.497 e. The van der Waals surface area contributed by atoms with Gasteiger partial charge in [-0.15, -0.1) is 12.8 Å². The van der Waals surface area contributed by atoms with E-state index in [0.29, 0.717) is 13.2 Å². The molecular weight excluding hydrogens is 376 g/mol. The number of aromatic nitrogens is 1. The van der Waals surface area contributed by atoms with Crippen LogP contribution in [0.2, 0.25) is 0 Å². The molecule has 30 heavy (non-hydrogen) atoms. The van der Waals surface area contributed by atoms with Crippen molar-refractivity contribution >= 4 is 6.09 Å². The number of alkyl carbamates (subject to hydrolysis) is 1. The zero-order valence-electron chi connectivity index (χ0n) is 16.8. The van der Waals surface area contributed by atoms with Gasteiger partial charge in [0.15, 0.2) is 0 Å². The largest absolute Gasteiger partial charge is 0.497 e. The lowest BCUT2D eigenvalue weighted by molar-refractivity contribution is 0.178. The van der Waals surface area contributed by atoms with Crippen LogP contribution in [0.4, 0.5) is 4.79 Å². The number of hydrogen-bond donors (Lipinski definition) is 1. The number of carbonyl (C=O) groups excluding carboxylic acids is 1. The predicted molar refractivity (Wildman–Crippen MR) is 119 cm³/mol. The monoisotopic (exact) mass is 400 g/mol. The van der Waals surface area contributed by atoms with E-state index in [-0.39, 0.29) is 6.09 Å². The summed E-state index contributed by atoms with van der Waals surface area (Å²) in [5.41, 5.74) is 1.97. The molecule has 0 aliphatic carbocycles. The Hall–Kier alpha value is -4.22. The molecule has 5 nitrogen and oxygen atoms in total. The third-order valence-corrected chi connectivity index (χ3v) is 3.37. The van der Waals surface area contributed by atoms with E-state index in [2.05, 4.69) is 39.7 Å². The molecular formula is C25H24N2O3. The Morgan fingerprint density at radius 2 is 1.53 bits per heavy atom. The van der Waals surface area contributed by atoms with E-state index in [0.717, 1.165) is 16.9 Å². The summed E-state index contributed by atoms with van der Waals surface area (Å²) < 4.78 is 9.32. The minimum atomic E-state index is -0.296. The first-order chi connectivity index (χ1) is 14.8. The minimum absolute atomic E-state index is 0.296. The number of amides is 1. The van der Waals surface area contributed by atoms with Crippen LogP contribution in [0.3, 0.4) is 0 Å². The van der Waals surface area contributed by atoms with Gasteiger partial charge in [0.2, 0.25) is 0 Å². The number of nitrogens with zero attached hydrogens (tertiary/aromatic N) is 1. The molecule has 0 unspecified atom stereocenters. The highest BCUT2D eigenvalue weighted by Crippen LogP contribution is 2.05. The van der Waals surface area contributed by atoms with Gasteiger partial charge < -0.3 is 14.8 Å². The highest BCUT2D eigenvalue weighted by Gasteiger charge is 2.06. The van der Waals surface area contributed by atoms with Gasteiger partial charge in [-0.2, -0.15) is 0 Å². The maximum atomic E-state index is 9.91. The van der Waals surface area contributed by atoms with Crippen molar-refractivity contribution in [1.82, 2.24) is 10.3 Å². The Bertz CT molecular complexity index is 864. The second-order valence-electron chi connectivity index (χ2n) is 5.44. The standard InChI is InChI=1S/C13H9N.C7H8O.C3H5NO2.C2H2/c1-2-5-12(6-3-1)8-9-13-7-4-10-14-11-13;1-8-7-5-3-2-4-6-7;5-3-4-1-2-6-3;1-2/h1-7,10-11H;2-6H,1H3;1-2H2,(H,4,5);1-2H. The van der Waals surface area contributed by atoms with Crippen LogP contribution < -0.4 is 10.1 Å². The molecule has 152 valence electrons. The number of ether oxygens (including phenoxy) is 2. The molecule has 1 amide bonds. The Morgan fingerprint density at radius 3 is 1.97 bits per heavy atom. The summed E-state index contributed by atoms with van der Waals surface area (Å²) in [7, 11) is 1.66. The summed E-state index contributed by atoms with van der Waals surface area (Å²) in [6, 6.07) is 23.4. The molecule has 2 aromatic carbocycles. The topological polar surface area (TPSA) is 60.5 Å². The number of para-hydroxylation sites is 1. The highest BCUT2D eigenvalue weighted by atomic mass is 16.6. The van der Waals surface area contributed by atoms with E-state index in [1.54, 1.807) is 19.5 Å². The lowest BCUT2D eigenvalue weighted by Crippen LogP contribution is -2.11. The van der Waals surface area contributed by atoms with E-state index in [4.69, 9.17) is 4.74 Å². The fourth-order valence-corrected chi connectivity index (χ4v) is 2.01. The van der Waals surface area contributed by atoms with Crippen LogP contribution in [-0.4, -0.2) is 31.3 Å². The number of terminal acetylenes is 1. The maximum Gasteiger partial charge on any atom is 0.407 e.